The Bertz CT molecular complexity index is 813. The predicted molar refractivity (Wildman–Crippen MR) is 96.1 cm³/mol. The molecule has 7 atom stereocenters. The van der Waals surface area contributed by atoms with E-state index in [0.29, 0.717) is 22.5 Å². The lowest BCUT2D eigenvalue weighted by atomic mass is 9.63. The highest BCUT2D eigenvalue weighted by molar-refractivity contribution is 6.30. The third-order valence-corrected chi connectivity index (χ3v) is 6.83. The number of rotatable bonds is 3. The molecule has 0 aromatic heterocycles. The van der Waals surface area contributed by atoms with Crippen molar-refractivity contribution in [3.05, 3.63) is 41.4 Å². The van der Waals surface area contributed by atoms with E-state index >= 15 is 0 Å². The smallest absolute Gasteiger partial charge is 0.247 e. The lowest BCUT2D eigenvalue weighted by molar-refractivity contribution is -0.146. The zero-order chi connectivity index (χ0) is 18.2. The van der Waals surface area contributed by atoms with E-state index in [2.05, 4.69) is 17.5 Å². The van der Waals surface area contributed by atoms with Gasteiger partial charge in [0.15, 0.2) is 0 Å². The molecule has 1 aromatic carbocycles. The van der Waals surface area contributed by atoms with Gasteiger partial charge in [0.25, 0.3) is 0 Å². The fraction of sp³-hybridized carbons (Fsp3) is 0.450. The summed E-state index contributed by atoms with van der Waals surface area (Å²) in [5, 5.41) is 3.34. The van der Waals surface area contributed by atoms with Gasteiger partial charge in [0.05, 0.1) is 11.8 Å². The molecule has 134 valence electrons. The summed E-state index contributed by atoms with van der Waals surface area (Å²) in [6.45, 7) is 1.62. The summed E-state index contributed by atoms with van der Waals surface area (Å²) in [5.74, 6) is 0.192. The Morgan fingerprint density at radius 2 is 1.62 bits per heavy atom. The zero-order valence-corrected chi connectivity index (χ0v) is 15.0. The number of carbonyl (C=O) groups excluding carboxylic acids is 3. The number of hydrogen-bond donors (Lipinski definition) is 1. The normalized spacial score (nSPS) is 37.4. The van der Waals surface area contributed by atoms with Crippen LogP contribution in [0.4, 0.5) is 5.69 Å². The van der Waals surface area contributed by atoms with Gasteiger partial charge in [0.1, 0.15) is 6.04 Å². The summed E-state index contributed by atoms with van der Waals surface area (Å²) in [7, 11) is 0. The maximum absolute atomic E-state index is 13.0. The van der Waals surface area contributed by atoms with Crippen LogP contribution in [0.2, 0.25) is 5.02 Å². The first-order valence-electron chi connectivity index (χ1n) is 9.09. The van der Waals surface area contributed by atoms with Crippen molar-refractivity contribution in [2.24, 2.45) is 35.5 Å². The highest BCUT2D eigenvalue weighted by Crippen LogP contribution is 2.65. The zero-order valence-electron chi connectivity index (χ0n) is 14.3. The minimum atomic E-state index is -0.827. The molecule has 6 heteroatoms. The van der Waals surface area contributed by atoms with Gasteiger partial charge in [-0.15, -0.1) is 0 Å². The molecule has 1 saturated heterocycles. The Labute approximate surface area is 156 Å². The van der Waals surface area contributed by atoms with Crippen molar-refractivity contribution < 1.29 is 14.4 Å². The minimum Gasteiger partial charge on any atom is -0.324 e. The topological polar surface area (TPSA) is 66.5 Å². The van der Waals surface area contributed by atoms with Gasteiger partial charge in [-0.25, -0.2) is 0 Å². The maximum atomic E-state index is 13.0. The summed E-state index contributed by atoms with van der Waals surface area (Å²) >= 11 is 5.85. The third kappa shape index (κ3) is 2.13. The number of anilines is 1. The predicted octanol–water partition coefficient (Wildman–Crippen LogP) is 2.72. The number of benzene rings is 1. The van der Waals surface area contributed by atoms with E-state index < -0.39 is 6.04 Å². The Morgan fingerprint density at radius 3 is 2.15 bits per heavy atom. The molecule has 0 unspecified atom stereocenters. The van der Waals surface area contributed by atoms with Crippen LogP contribution in [0.25, 0.3) is 0 Å². The largest absolute Gasteiger partial charge is 0.324 e. The second-order valence-corrected chi connectivity index (χ2v) is 8.31. The molecule has 5 nitrogen and oxygen atoms in total. The van der Waals surface area contributed by atoms with Crippen LogP contribution < -0.4 is 5.32 Å². The van der Waals surface area contributed by atoms with E-state index in [0.717, 1.165) is 6.42 Å². The van der Waals surface area contributed by atoms with Crippen LogP contribution in [-0.2, 0) is 14.4 Å². The number of allylic oxidation sites excluding steroid dienone is 2. The van der Waals surface area contributed by atoms with Gasteiger partial charge in [-0.05, 0) is 61.3 Å². The molecule has 0 radical (unpaired) electrons. The molecule has 5 aliphatic rings. The van der Waals surface area contributed by atoms with Crippen molar-refractivity contribution in [2.45, 2.75) is 19.4 Å². The van der Waals surface area contributed by atoms with Crippen LogP contribution >= 0.6 is 11.6 Å². The number of likely N-dealkylation sites (tertiary alicyclic amines) is 1. The number of amides is 3. The van der Waals surface area contributed by atoms with Crippen molar-refractivity contribution in [3.8, 4) is 0 Å². The van der Waals surface area contributed by atoms with Gasteiger partial charge in [-0.1, -0.05) is 23.8 Å². The van der Waals surface area contributed by atoms with Gasteiger partial charge in [-0.2, -0.15) is 0 Å². The molecule has 2 saturated carbocycles. The molecule has 0 spiro atoms. The van der Waals surface area contributed by atoms with E-state index in [1.165, 1.54) is 4.90 Å². The van der Waals surface area contributed by atoms with Crippen LogP contribution in [0.1, 0.15) is 13.3 Å². The third-order valence-electron chi connectivity index (χ3n) is 6.58. The van der Waals surface area contributed by atoms with Crippen LogP contribution in [-0.4, -0.2) is 28.7 Å². The van der Waals surface area contributed by atoms with Crippen molar-refractivity contribution in [1.29, 1.82) is 0 Å². The Kier molecular flexibility index (Phi) is 3.35. The Morgan fingerprint density at radius 1 is 1.08 bits per heavy atom. The molecule has 3 fully saturated rings. The van der Waals surface area contributed by atoms with Crippen molar-refractivity contribution in [1.82, 2.24) is 4.90 Å². The molecule has 4 aliphatic carbocycles. The average Bonchev–Trinajstić information content (AvgIpc) is 3.41. The summed E-state index contributed by atoms with van der Waals surface area (Å²) in [4.78, 5) is 39.9. The van der Waals surface area contributed by atoms with E-state index in [1.54, 1.807) is 31.2 Å². The monoisotopic (exact) mass is 370 g/mol. The fourth-order valence-corrected chi connectivity index (χ4v) is 5.38. The maximum Gasteiger partial charge on any atom is 0.247 e. The van der Waals surface area contributed by atoms with Gasteiger partial charge in [0.2, 0.25) is 17.7 Å². The SMILES string of the molecule is C[C@H](C(=O)Nc1ccc(Cl)cc1)N1C(=O)[C@@H]2[C@H]3C=C[C@@H]([C@@H]4C[C@H]34)[C@H]2C1=O. The summed E-state index contributed by atoms with van der Waals surface area (Å²) in [6.07, 6.45) is 5.39. The first-order valence-corrected chi connectivity index (χ1v) is 9.47. The molecule has 26 heavy (non-hydrogen) atoms. The van der Waals surface area contributed by atoms with Crippen LogP contribution in [0.15, 0.2) is 36.4 Å². The number of hydrogen-bond acceptors (Lipinski definition) is 3. The van der Waals surface area contributed by atoms with Crippen LogP contribution in [0, 0.1) is 35.5 Å². The number of nitrogens with one attached hydrogen (secondary N) is 1. The molecular formula is C20H19ClN2O3. The summed E-state index contributed by atoms with van der Waals surface area (Å²) in [5.41, 5.74) is 0.589. The highest BCUT2D eigenvalue weighted by atomic mass is 35.5. The van der Waals surface area contributed by atoms with Gasteiger partial charge >= 0.3 is 0 Å². The first kappa shape index (κ1) is 16.1. The first-order chi connectivity index (χ1) is 12.5. The van der Waals surface area contributed by atoms with Crippen LogP contribution in [0.5, 0.6) is 0 Å². The standard InChI is InChI=1S/C20H19ClN2O3/c1-9(18(24)22-11-4-2-10(21)3-5-11)23-19(25)16-12-6-7-13(15-8-14(12)15)17(16)20(23)26/h2-7,9,12-17H,8H2,1H3,(H,22,24)/t9-,12+,13+,14-,15+,16-,17-/m1/s1. The van der Waals surface area contributed by atoms with Gasteiger partial charge < -0.3 is 5.32 Å². The van der Waals surface area contributed by atoms with Crippen LogP contribution in [0.3, 0.4) is 0 Å². The molecule has 6 rings (SSSR count). The molecule has 1 aromatic rings. The number of imide groups is 1. The number of halogens is 1. The highest BCUT2D eigenvalue weighted by Gasteiger charge is 2.67. The summed E-state index contributed by atoms with van der Waals surface area (Å²) in [6, 6.07) is 5.92. The molecule has 2 bridgehead atoms. The van der Waals surface area contributed by atoms with E-state index in [-0.39, 0.29) is 41.4 Å². The van der Waals surface area contributed by atoms with Gasteiger partial charge in [-0.3, -0.25) is 19.3 Å². The van der Waals surface area contributed by atoms with Crippen molar-refractivity contribution >= 4 is 35.0 Å². The molecule has 3 amide bonds. The summed E-state index contributed by atoms with van der Waals surface area (Å²) < 4.78 is 0. The Hall–Kier alpha value is -2.14. The fourth-order valence-electron chi connectivity index (χ4n) is 5.26. The van der Waals surface area contributed by atoms with Crippen molar-refractivity contribution in [3.63, 3.8) is 0 Å². The van der Waals surface area contributed by atoms with Gasteiger partial charge in [0, 0.05) is 10.7 Å². The lowest BCUT2D eigenvalue weighted by Gasteiger charge is -2.37. The average molecular weight is 371 g/mol. The van der Waals surface area contributed by atoms with E-state index in [9.17, 15) is 14.4 Å². The lowest BCUT2D eigenvalue weighted by Crippen LogP contribution is -2.46. The quantitative estimate of drug-likeness (QED) is 0.657. The molecule has 1 aliphatic heterocycles. The molecular weight excluding hydrogens is 352 g/mol. The number of carbonyl (C=O) groups is 3. The second kappa shape index (κ2) is 5.43. The number of nitrogens with zero attached hydrogens (tertiary/aromatic N) is 1. The second-order valence-electron chi connectivity index (χ2n) is 7.87. The van der Waals surface area contributed by atoms with Crippen molar-refractivity contribution in [2.75, 3.05) is 5.32 Å². The Balaban J connectivity index is 1.37. The molecule has 1 N–H and O–H groups in total. The van der Waals surface area contributed by atoms with E-state index in [1.807, 2.05) is 0 Å². The minimum absolute atomic E-state index is 0.169. The van der Waals surface area contributed by atoms with E-state index in [4.69, 9.17) is 11.6 Å². The molecule has 1 heterocycles.